The molecule has 3 rings (SSSR count). The predicted molar refractivity (Wildman–Crippen MR) is 72.3 cm³/mol. The van der Waals surface area contributed by atoms with Crippen LogP contribution in [0.15, 0.2) is 12.1 Å². The number of anilines is 2. The molecule has 0 saturated carbocycles. The molecule has 1 aromatic carbocycles. The van der Waals surface area contributed by atoms with Crippen molar-refractivity contribution in [1.82, 2.24) is 0 Å². The van der Waals surface area contributed by atoms with Crippen LogP contribution in [0.3, 0.4) is 0 Å². The first kappa shape index (κ1) is 12.2. The molecule has 0 aliphatic carbocycles. The monoisotopic (exact) mass is 260 g/mol. The molecule has 0 amide bonds. The summed E-state index contributed by atoms with van der Waals surface area (Å²) in [6.45, 7) is 4.74. The van der Waals surface area contributed by atoms with Crippen molar-refractivity contribution < 1.29 is 14.3 Å². The second kappa shape index (κ2) is 4.66. The summed E-state index contributed by atoms with van der Waals surface area (Å²) in [4.78, 5) is 25.7. The number of ketones is 2. The first-order valence-corrected chi connectivity index (χ1v) is 6.45. The zero-order valence-electron chi connectivity index (χ0n) is 10.9. The molecule has 0 unspecified atom stereocenters. The van der Waals surface area contributed by atoms with Gasteiger partial charge in [-0.2, -0.15) is 0 Å². The van der Waals surface area contributed by atoms with Crippen LogP contribution in [0.1, 0.15) is 27.6 Å². The van der Waals surface area contributed by atoms with E-state index in [-0.39, 0.29) is 11.6 Å². The van der Waals surface area contributed by atoms with Crippen LogP contribution in [0.2, 0.25) is 0 Å². The summed E-state index contributed by atoms with van der Waals surface area (Å²) in [5.41, 5.74) is 2.98. The van der Waals surface area contributed by atoms with Crippen LogP contribution in [0.4, 0.5) is 11.4 Å². The highest BCUT2D eigenvalue weighted by Gasteiger charge is 2.25. The fourth-order valence-corrected chi connectivity index (χ4v) is 2.58. The number of Topliss-reactive ketones (excluding diaryl/α,β-unsaturated/α-hetero) is 2. The Morgan fingerprint density at radius 3 is 2.74 bits per heavy atom. The number of benzene rings is 1. The Kier molecular flexibility index (Phi) is 2.98. The van der Waals surface area contributed by atoms with Gasteiger partial charge in [0, 0.05) is 35.6 Å². The number of fused-ring (bicyclic) bond motifs is 1. The van der Waals surface area contributed by atoms with E-state index in [1.54, 1.807) is 13.0 Å². The van der Waals surface area contributed by atoms with E-state index >= 15 is 0 Å². The lowest BCUT2D eigenvalue weighted by Gasteiger charge is -2.30. The molecule has 0 aromatic heterocycles. The maximum Gasteiger partial charge on any atom is 0.183 e. The van der Waals surface area contributed by atoms with E-state index in [0.29, 0.717) is 30.9 Å². The molecule has 1 saturated heterocycles. The molecule has 1 fully saturated rings. The molecule has 0 radical (unpaired) electrons. The summed E-state index contributed by atoms with van der Waals surface area (Å²) in [5, 5.41) is 3.08. The summed E-state index contributed by atoms with van der Waals surface area (Å²) in [7, 11) is 0. The standard InChI is InChI=1S/C14H16N2O3/c1-9(17)10-6-11-12(15-8-14(11)18)7-13(10)16-2-4-19-5-3-16/h6-7,15H,2-5,8H2,1H3. The quantitative estimate of drug-likeness (QED) is 0.813. The molecule has 0 bridgehead atoms. The average Bonchev–Trinajstić information content (AvgIpc) is 2.79. The molecule has 100 valence electrons. The van der Waals surface area contributed by atoms with E-state index < -0.39 is 0 Å². The summed E-state index contributed by atoms with van der Waals surface area (Å²) in [6.07, 6.45) is 0. The molecule has 5 nitrogen and oxygen atoms in total. The third-order valence-electron chi connectivity index (χ3n) is 3.61. The maximum atomic E-state index is 11.8. The molecule has 0 atom stereocenters. The van der Waals surface area contributed by atoms with Crippen molar-refractivity contribution in [2.45, 2.75) is 6.92 Å². The van der Waals surface area contributed by atoms with Crippen LogP contribution in [0.5, 0.6) is 0 Å². The minimum atomic E-state index is -0.0102. The third kappa shape index (κ3) is 2.10. The van der Waals surface area contributed by atoms with Crippen molar-refractivity contribution in [2.24, 2.45) is 0 Å². The zero-order chi connectivity index (χ0) is 13.4. The predicted octanol–water partition coefficient (Wildman–Crippen LogP) is 1.33. The van der Waals surface area contributed by atoms with E-state index in [9.17, 15) is 9.59 Å². The number of hydrogen-bond acceptors (Lipinski definition) is 5. The normalized spacial score (nSPS) is 18.2. The van der Waals surface area contributed by atoms with Crippen LogP contribution in [0, 0.1) is 0 Å². The molecule has 2 aliphatic heterocycles. The van der Waals surface area contributed by atoms with E-state index in [1.165, 1.54) is 0 Å². The highest BCUT2D eigenvalue weighted by atomic mass is 16.5. The average molecular weight is 260 g/mol. The second-order valence-electron chi connectivity index (χ2n) is 4.85. The van der Waals surface area contributed by atoms with E-state index in [1.807, 2.05) is 6.07 Å². The van der Waals surface area contributed by atoms with Gasteiger partial charge in [-0.3, -0.25) is 9.59 Å². The summed E-state index contributed by atoms with van der Waals surface area (Å²) >= 11 is 0. The first-order chi connectivity index (χ1) is 9.16. The van der Waals surface area contributed by atoms with Crippen LogP contribution >= 0.6 is 0 Å². The lowest BCUT2D eigenvalue weighted by atomic mass is 10.0. The van der Waals surface area contributed by atoms with E-state index in [4.69, 9.17) is 4.74 Å². The van der Waals surface area contributed by atoms with Gasteiger partial charge in [0.15, 0.2) is 11.6 Å². The van der Waals surface area contributed by atoms with Crippen molar-refractivity contribution in [3.8, 4) is 0 Å². The molecule has 2 aliphatic rings. The highest BCUT2D eigenvalue weighted by Crippen LogP contribution is 2.32. The zero-order valence-corrected chi connectivity index (χ0v) is 10.9. The van der Waals surface area contributed by atoms with Crippen molar-refractivity contribution in [1.29, 1.82) is 0 Å². The minimum absolute atomic E-state index is 0.0102. The Balaban J connectivity index is 2.07. The summed E-state index contributed by atoms with van der Waals surface area (Å²) in [5.74, 6) is 0.0371. The second-order valence-corrected chi connectivity index (χ2v) is 4.85. The SMILES string of the molecule is CC(=O)c1cc2c(cc1N1CCOCC1)NCC2=O. The molecule has 19 heavy (non-hydrogen) atoms. The molecule has 1 aromatic rings. The van der Waals surface area contributed by atoms with Gasteiger partial charge in [0.05, 0.1) is 19.8 Å². The Labute approximate surface area is 111 Å². The number of morpholine rings is 1. The fourth-order valence-electron chi connectivity index (χ4n) is 2.58. The van der Waals surface area contributed by atoms with E-state index in [2.05, 4.69) is 10.2 Å². The van der Waals surface area contributed by atoms with Gasteiger partial charge in [-0.25, -0.2) is 0 Å². The van der Waals surface area contributed by atoms with Crippen molar-refractivity contribution >= 4 is 22.9 Å². The Hall–Kier alpha value is -1.88. The van der Waals surface area contributed by atoms with Crippen molar-refractivity contribution in [3.05, 3.63) is 23.3 Å². The van der Waals surface area contributed by atoms with Crippen molar-refractivity contribution in [2.75, 3.05) is 43.1 Å². The number of nitrogens with one attached hydrogen (secondary N) is 1. The Morgan fingerprint density at radius 2 is 2.05 bits per heavy atom. The van der Waals surface area contributed by atoms with Gasteiger partial charge >= 0.3 is 0 Å². The van der Waals surface area contributed by atoms with Gasteiger partial charge in [0.2, 0.25) is 0 Å². The first-order valence-electron chi connectivity index (χ1n) is 6.45. The number of nitrogens with zero attached hydrogens (tertiary/aromatic N) is 1. The van der Waals surface area contributed by atoms with Gasteiger partial charge in [-0.1, -0.05) is 0 Å². The van der Waals surface area contributed by atoms with Gasteiger partial charge in [-0.05, 0) is 19.1 Å². The van der Waals surface area contributed by atoms with Gasteiger partial charge < -0.3 is 15.0 Å². The van der Waals surface area contributed by atoms with Crippen LogP contribution in [-0.2, 0) is 4.74 Å². The maximum absolute atomic E-state index is 11.8. The van der Waals surface area contributed by atoms with Gasteiger partial charge in [-0.15, -0.1) is 0 Å². The lowest BCUT2D eigenvalue weighted by Crippen LogP contribution is -2.37. The lowest BCUT2D eigenvalue weighted by molar-refractivity contribution is 0.101. The molecule has 0 spiro atoms. The van der Waals surface area contributed by atoms with Gasteiger partial charge in [0.25, 0.3) is 0 Å². The topological polar surface area (TPSA) is 58.6 Å². The highest BCUT2D eigenvalue weighted by molar-refractivity contribution is 6.12. The summed E-state index contributed by atoms with van der Waals surface area (Å²) in [6, 6.07) is 3.65. The largest absolute Gasteiger partial charge is 0.378 e. The Bertz CT molecular complexity index is 548. The van der Waals surface area contributed by atoms with Crippen LogP contribution in [0.25, 0.3) is 0 Å². The van der Waals surface area contributed by atoms with Crippen molar-refractivity contribution in [3.63, 3.8) is 0 Å². The number of rotatable bonds is 2. The van der Waals surface area contributed by atoms with Crippen LogP contribution in [-0.4, -0.2) is 44.4 Å². The minimum Gasteiger partial charge on any atom is -0.378 e. The molecule has 1 N–H and O–H groups in total. The number of ether oxygens (including phenoxy) is 1. The van der Waals surface area contributed by atoms with E-state index in [0.717, 1.165) is 24.5 Å². The summed E-state index contributed by atoms with van der Waals surface area (Å²) < 4.78 is 5.33. The fraction of sp³-hybridized carbons (Fsp3) is 0.429. The molecule has 5 heteroatoms. The van der Waals surface area contributed by atoms with Crippen LogP contribution < -0.4 is 10.2 Å². The molecular weight excluding hydrogens is 244 g/mol. The third-order valence-corrected chi connectivity index (χ3v) is 3.61. The smallest absolute Gasteiger partial charge is 0.183 e. The Morgan fingerprint density at radius 1 is 1.32 bits per heavy atom. The molecule has 2 heterocycles. The number of hydrogen-bond donors (Lipinski definition) is 1. The number of carbonyl (C=O) groups excluding carboxylic acids is 2. The number of carbonyl (C=O) groups is 2. The van der Waals surface area contributed by atoms with Gasteiger partial charge in [0.1, 0.15) is 0 Å². The molecular formula is C14H16N2O3.